The molecule has 0 unspecified atom stereocenters. The Kier molecular flexibility index (Phi) is 56.9. The number of carboxylic acid groups (broad SMARTS) is 1. The quantitative estimate of drug-likeness (QED) is 0.415. The summed E-state index contributed by atoms with van der Waals surface area (Å²) in [5.41, 5.74) is 0. The van der Waals surface area contributed by atoms with Crippen molar-refractivity contribution in [2.45, 2.75) is 0 Å². The maximum absolute atomic E-state index is 9.25. The van der Waals surface area contributed by atoms with Crippen molar-refractivity contribution in [2.24, 2.45) is 0 Å². The van der Waals surface area contributed by atoms with Crippen LogP contribution in [0.4, 0.5) is 0 Å². The van der Waals surface area contributed by atoms with Crippen LogP contribution in [-0.4, -0.2) is 16.6 Å². The lowest BCUT2D eigenvalue weighted by molar-refractivity contribution is -0.131. The van der Waals surface area contributed by atoms with Gasteiger partial charge in [0.25, 0.3) is 0 Å². The average molecular weight is 124 g/mol. The molecule has 0 saturated carbocycles. The van der Waals surface area contributed by atoms with Crippen LogP contribution in [0, 0.1) is 0 Å². The SMILES string of the molecule is C=CC(=O)O.N.N.O. The first-order valence-corrected chi connectivity index (χ1v) is 1.12. The van der Waals surface area contributed by atoms with Gasteiger partial charge >= 0.3 is 5.97 Å². The van der Waals surface area contributed by atoms with Crippen LogP contribution in [0.1, 0.15) is 0 Å². The van der Waals surface area contributed by atoms with Crippen molar-refractivity contribution in [3.8, 4) is 0 Å². The maximum atomic E-state index is 9.25. The van der Waals surface area contributed by atoms with Gasteiger partial charge in [0.15, 0.2) is 0 Å². The number of hydrogen-bond donors (Lipinski definition) is 3. The highest BCUT2D eigenvalue weighted by molar-refractivity contribution is 5.78. The van der Waals surface area contributed by atoms with E-state index in [1.807, 2.05) is 0 Å². The van der Waals surface area contributed by atoms with Gasteiger partial charge in [0.2, 0.25) is 0 Å². The largest absolute Gasteiger partial charge is 0.478 e. The first-order valence-electron chi connectivity index (χ1n) is 1.12. The van der Waals surface area contributed by atoms with Gasteiger partial charge in [-0.1, -0.05) is 6.58 Å². The van der Waals surface area contributed by atoms with Crippen LogP contribution < -0.4 is 12.3 Å². The van der Waals surface area contributed by atoms with Crippen molar-refractivity contribution >= 4 is 5.97 Å². The van der Waals surface area contributed by atoms with Gasteiger partial charge in [-0.15, -0.1) is 0 Å². The van der Waals surface area contributed by atoms with Crippen LogP contribution in [0.3, 0.4) is 0 Å². The van der Waals surface area contributed by atoms with Gasteiger partial charge in [0.05, 0.1) is 0 Å². The molecule has 0 heterocycles. The first kappa shape index (κ1) is 27.5. The molecule has 0 aliphatic carbocycles. The number of carbonyl (C=O) groups is 1. The molecule has 8 heavy (non-hydrogen) atoms. The van der Waals surface area contributed by atoms with Gasteiger partial charge in [0, 0.05) is 6.08 Å². The molecule has 0 aliphatic heterocycles. The molecular formula is C3H12N2O3. The van der Waals surface area contributed by atoms with Gasteiger partial charge in [-0.05, 0) is 0 Å². The topological polar surface area (TPSA) is 139 Å². The smallest absolute Gasteiger partial charge is 0.327 e. The maximum Gasteiger partial charge on any atom is 0.327 e. The van der Waals surface area contributed by atoms with Crippen LogP contribution in [0.2, 0.25) is 0 Å². The Bertz CT molecular complexity index is 63.5. The molecule has 0 rings (SSSR count). The lowest BCUT2D eigenvalue weighted by Crippen LogP contribution is -1.82. The van der Waals surface area contributed by atoms with Crippen molar-refractivity contribution < 1.29 is 15.4 Å². The Balaban J connectivity index is -0.0000000267. The van der Waals surface area contributed by atoms with E-state index in [4.69, 9.17) is 5.11 Å². The highest BCUT2D eigenvalue weighted by Gasteiger charge is 1.73. The Labute approximate surface area is 47.5 Å². The zero-order valence-corrected chi connectivity index (χ0v) is 4.55. The number of rotatable bonds is 1. The van der Waals surface area contributed by atoms with Gasteiger partial charge in [-0.25, -0.2) is 4.79 Å². The van der Waals surface area contributed by atoms with Crippen molar-refractivity contribution in [3.63, 3.8) is 0 Å². The summed E-state index contributed by atoms with van der Waals surface area (Å²) in [6.07, 6.45) is 0.833. The van der Waals surface area contributed by atoms with E-state index < -0.39 is 5.97 Å². The Morgan fingerprint density at radius 2 is 1.62 bits per heavy atom. The summed E-state index contributed by atoms with van der Waals surface area (Å²) in [5, 5.41) is 7.60. The molecule has 0 saturated heterocycles. The second-order valence-corrected chi connectivity index (χ2v) is 0.542. The summed E-state index contributed by atoms with van der Waals surface area (Å²) in [5.74, 6) is -0.981. The zero-order chi connectivity index (χ0) is 4.28. The molecule has 5 heteroatoms. The van der Waals surface area contributed by atoms with Crippen molar-refractivity contribution in [1.82, 2.24) is 12.3 Å². The average Bonchev–Trinajstić information content (AvgIpc) is 1.38. The minimum atomic E-state index is -0.981. The summed E-state index contributed by atoms with van der Waals surface area (Å²) in [7, 11) is 0. The van der Waals surface area contributed by atoms with Crippen molar-refractivity contribution in [1.29, 1.82) is 0 Å². The molecule has 0 bridgehead atoms. The van der Waals surface area contributed by atoms with E-state index in [1.54, 1.807) is 0 Å². The molecule has 0 spiro atoms. The molecule has 52 valence electrons. The molecule has 0 amide bonds. The lowest BCUT2D eigenvalue weighted by atomic mass is 10.7. The normalized spacial score (nSPS) is 4.00. The van der Waals surface area contributed by atoms with E-state index in [1.165, 1.54) is 0 Å². The Morgan fingerprint density at radius 3 is 1.62 bits per heavy atom. The molecule has 0 aromatic carbocycles. The summed E-state index contributed by atoms with van der Waals surface area (Å²) < 4.78 is 0. The van der Waals surface area contributed by atoms with Crippen LogP contribution in [-0.2, 0) is 4.79 Å². The Morgan fingerprint density at radius 1 is 1.50 bits per heavy atom. The third kappa shape index (κ3) is 71.7. The zero-order valence-electron chi connectivity index (χ0n) is 4.55. The summed E-state index contributed by atoms with van der Waals surface area (Å²) >= 11 is 0. The fraction of sp³-hybridized carbons (Fsp3) is 0. The standard InChI is InChI=1S/C3H4O2.2H3N.H2O/c1-2-3(4)5;;;/h2H,1H2,(H,4,5);2*1H3;1H2. The highest BCUT2D eigenvalue weighted by atomic mass is 16.4. The highest BCUT2D eigenvalue weighted by Crippen LogP contribution is 1.54. The molecule has 0 aromatic rings. The lowest BCUT2D eigenvalue weighted by Gasteiger charge is -1.64. The van der Waals surface area contributed by atoms with Crippen LogP contribution in [0.25, 0.3) is 0 Å². The van der Waals surface area contributed by atoms with E-state index >= 15 is 0 Å². The molecule has 0 aliphatic rings. The van der Waals surface area contributed by atoms with Gasteiger partial charge < -0.3 is 22.9 Å². The van der Waals surface area contributed by atoms with Crippen LogP contribution >= 0.6 is 0 Å². The van der Waals surface area contributed by atoms with E-state index in [0.717, 1.165) is 6.08 Å². The van der Waals surface area contributed by atoms with E-state index in [-0.39, 0.29) is 17.8 Å². The number of carboxylic acids is 1. The van der Waals surface area contributed by atoms with E-state index in [2.05, 4.69) is 6.58 Å². The fourth-order valence-corrected chi connectivity index (χ4v) is 0. The van der Waals surface area contributed by atoms with E-state index in [0.29, 0.717) is 0 Å². The molecular weight excluding hydrogens is 112 g/mol. The predicted molar refractivity (Wildman–Crippen MR) is 31.5 cm³/mol. The third-order valence-electron chi connectivity index (χ3n) is 0.175. The van der Waals surface area contributed by atoms with Gasteiger partial charge in [-0.2, -0.15) is 0 Å². The molecule has 5 nitrogen and oxygen atoms in total. The molecule has 0 radical (unpaired) electrons. The summed E-state index contributed by atoms with van der Waals surface area (Å²) in [6, 6.07) is 0. The van der Waals surface area contributed by atoms with E-state index in [9.17, 15) is 4.79 Å². The number of hydrogen-bond acceptors (Lipinski definition) is 3. The third-order valence-corrected chi connectivity index (χ3v) is 0.175. The van der Waals surface area contributed by atoms with Crippen molar-refractivity contribution in [3.05, 3.63) is 12.7 Å². The van der Waals surface area contributed by atoms with Crippen LogP contribution in [0.15, 0.2) is 12.7 Å². The Hall–Kier alpha value is -0.910. The first-order chi connectivity index (χ1) is 2.27. The second kappa shape index (κ2) is 16.5. The monoisotopic (exact) mass is 124 g/mol. The fourth-order valence-electron chi connectivity index (χ4n) is 0. The molecule has 9 N–H and O–H groups in total. The number of aliphatic carboxylic acids is 1. The molecule has 0 fully saturated rings. The summed E-state index contributed by atoms with van der Waals surface area (Å²) in [6.45, 7) is 2.96. The van der Waals surface area contributed by atoms with Crippen LogP contribution in [0.5, 0.6) is 0 Å². The van der Waals surface area contributed by atoms with Gasteiger partial charge in [-0.3, -0.25) is 0 Å². The minimum Gasteiger partial charge on any atom is -0.478 e. The minimum absolute atomic E-state index is 0. The molecule has 0 atom stereocenters. The molecule has 0 aromatic heterocycles. The van der Waals surface area contributed by atoms with Gasteiger partial charge in [0.1, 0.15) is 0 Å². The second-order valence-electron chi connectivity index (χ2n) is 0.542. The van der Waals surface area contributed by atoms with Crippen molar-refractivity contribution in [2.75, 3.05) is 0 Å². The predicted octanol–water partition coefficient (Wildman–Crippen LogP) is -0.244. The summed E-state index contributed by atoms with van der Waals surface area (Å²) in [4.78, 5) is 9.25.